The highest BCUT2D eigenvalue weighted by atomic mass is 16.5. The molecule has 128 valence electrons. The van der Waals surface area contributed by atoms with Crippen LogP contribution in [0.5, 0.6) is 5.75 Å². The van der Waals surface area contributed by atoms with Gasteiger partial charge in [0.2, 0.25) is 5.91 Å². The van der Waals surface area contributed by atoms with E-state index < -0.39 is 0 Å². The molecule has 1 aromatic rings. The number of piperidine rings is 1. The molecule has 4 nitrogen and oxygen atoms in total. The second-order valence-electron chi connectivity index (χ2n) is 6.52. The van der Waals surface area contributed by atoms with Crippen LogP contribution in [0.15, 0.2) is 24.3 Å². The Morgan fingerprint density at radius 3 is 2.74 bits per heavy atom. The number of rotatable bonds is 7. The molecule has 0 aliphatic carbocycles. The lowest BCUT2D eigenvalue weighted by Gasteiger charge is -2.33. The quantitative estimate of drug-likeness (QED) is 0.774. The van der Waals surface area contributed by atoms with Gasteiger partial charge in [0, 0.05) is 26.1 Å². The van der Waals surface area contributed by atoms with Gasteiger partial charge in [-0.1, -0.05) is 25.5 Å². The van der Waals surface area contributed by atoms with Gasteiger partial charge in [0.15, 0.2) is 0 Å². The van der Waals surface area contributed by atoms with Gasteiger partial charge in [0.05, 0.1) is 7.11 Å². The van der Waals surface area contributed by atoms with Gasteiger partial charge in [-0.25, -0.2) is 0 Å². The van der Waals surface area contributed by atoms with Crippen LogP contribution >= 0.6 is 0 Å². The Labute approximate surface area is 140 Å². The van der Waals surface area contributed by atoms with Gasteiger partial charge >= 0.3 is 0 Å². The van der Waals surface area contributed by atoms with Crippen LogP contribution in [0.25, 0.3) is 0 Å². The van der Waals surface area contributed by atoms with E-state index in [1.807, 2.05) is 24.1 Å². The highest BCUT2D eigenvalue weighted by molar-refractivity contribution is 5.78. The molecular formula is C19H30N2O2. The predicted octanol–water partition coefficient (Wildman–Crippen LogP) is 3.17. The number of amides is 1. The number of carbonyl (C=O) groups excluding carboxylic acids is 1. The van der Waals surface area contributed by atoms with Gasteiger partial charge in [-0.3, -0.25) is 9.69 Å². The third kappa shape index (κ3) is 5.24. The fraction of sp³-hybridized carbons (Fsp3) is 0.632. The molecule has 2 rings (SSSR count). The first-order valence-corrected chi connectivity index (χ1v) is 8.74. The number of hydrogen-bond donors (Lipinski definition) is 0. The van der Waals surface area contributed by atoms with Crippen LogP contribution in [0, 0.1) is 5.92 Å². The fourth-order valence-corrected chi connectivity index (χ4v) is 3.18. The van der Waals surface area contributed by atoms with E-state index in [1.165, 1.54) is 5.56 Å². The van der Waals surface area contributed by atoms with E-state index in [0.29, 0.717) is 5.91 Å². The molecule has 23 heavy (non-hydrogen) atoms. The number of nitrogens with zero attached hydrogens (tertiary/aromatic N) is 2. The summed E-state index contributed by atoms with van der Waals surface area (Å²) in [5.41, 5.74) is 1.27. The topological polar surface area (TPSA) is 32.8 Å². The van der Waals surface area contributed by atoms with Crippen molar-refractivity contribution in [2.45, 2.75) is 39.2 Å². The SMILES string of the molecule is CCCCN(C)C(=O)C1CCN(Cc2cccc(OC)c2)CC1. The Hall–Kier alpha value is -1.55. The van der Waals surface area contributed by atoms with E-state index in [-0.39, 0.29) is 5.92 Å². The lowest BCUT2D eigenvalue weighted by Crippen LogP contribution is -2.41. The standard InChI is InChI=1S/C19H30N2O2/c1-4-5-11-20(2)19(22)17-9-12-21(13-10-17)15-16-7-6-8-18(14-16)23-3/h6-8,14,17H,4-5,9-13,15H2,1-3H3. The minimum atomic E-state index is 0.207. The van der Waals surface area contributed by atoms with Gasteiger partial charge < -0.3 is 9.64 Å². The maximum Gasteiger partial charge on any atom is 0.225 e. The second kappa shape index (κ2) is 8.92. The predicted molar refractivity (Wildman–Crippen MR) is 93.5 cm³/mol. The first kappa shape index (κ1) is 17.8. The molecule has 0 N–H and O–H groups in total. The third-order valence-electron chi connectivity index (χ3n) is 4.70. The minimum absolute atomic E-state index is 0.207. The summed E-state index contributed by atoms with van der Waals surface area (Å²) in [7, 11) is 3.64. The monoisotopic (exact) mass is 318 g/mol. The number of carbonyl (C=O) groups is 1. The van der Waals surface area contributed by atoms with Crippen molar-refractivity contribution in [3.8, 4) is 5.75 Å². The van der Waals surface area contributed by atoms with Gasteiger partial charge in [0.1, 0.15) is 5.75 Å². The Morgan fingerprint density at radius 2 is 2.09 bits per heavy atom. The van der Waals surface area contributed by atoms with Crippen LogP contribution in [-0.4, -0.2) is 49.5 Å². The average molecular weight is 318 g/mol. The molecule has 1 amide bonds. The number of unbranched alkanes of at least 4 members (excludes halogenated alkanes) is 1. The second-order valence-corrected chi connectivity index (χ2v) is 6.52. The van der Waals surface area contributed by atoms with E-state index in [9.17, 15) is 4.79 Å². The summed E-state index contributed by atoms with van der Waals surface area (Å²) in [6, 6.07) is 8.24. The van der Waals surface area contributed by atoms with E-state index in [1.54, 1.807) is 7.11 Å². The van der Waals surface area contributed by atoms with Crippen molar-refractivity contribution in [3.63, 3.8) is 0 Å². The molecule has 0 radical (unpaired) electrons. The number of benzene rings is 1. The maximum atomic E-state index is 12.4. The summed E-state index contributed by atoms with van der Waals surface area (Å²) < 4.78 is 5.28. The van der Waals surface area contributed by atoms with Gasteiger partial charge in [0.25, 0.3) is 0 Å². The van der Waals surface area contributed by atoms with Crippen molar-refractivity contribution < 1.29 is 9.53 Å². The van der Waals surface area contributed by atoms with Crippen molar-refractivity contribution in [1.82, 2.24) is 9.80 Å². The molecule has 4 heteroatoms. The molecule has 1 heterocycles. The van der Waals surface area contributed by atoms with Gasteiger partial charge in [-0.05, 0) is 50.0 Å². The molecule has 1 aromatic carbocycles. The molecule has 0 spiro atoms. The Morgan fingerprint density at radius 1 is 1.35 bits per heavy atom. The number of hydrogen-bond acceptors (Lipinski definition) is 3. The van der Waals surface area contributed by atoms with E-state index in [0.717, 1.165) is 57.6 Å². The van der Waals surface area contributed by atoms with E-state index in [4.69, 9.17) is 4.74 Å². The summed E-state index contributed by atoms with van der Waals surface area (Å²) in [6.07, 6.45) is 4.17. The Bertz CT molecular complexity index is 496. The summed E-state index contributed by atoms with van der Waals surface area (Å²) >= 11 is 0. The summed E-state index contributed by atoms with van der Waals surface area (Å²) in [5, 5.41) is 0. The first-order chi connectivity index (χ1) is 11.1. The summed E-state index contributed by atoms with van der Waals surface area (Å²) in [6.45, 7) is 5.98. The van der Waals surface area contributed by atoms with Crippen molar-refractivity contribution in [3.05, 3.63) is 29.8 Å². The first-order valence-electron chi connectivity index (χ1n) is 8.74. The normalized spacial score (nSPS) is 16.3. The molecule has 1 aliphatic rings. The third-order valence-corrected chi connectivity index (χ3v) is 4.70. The zero-order chi connectivity index (χ0) is 16.7. The highest BCUT2D eigenvalue weighted by Crippen LogP contribution is 2.22. The molecule has 0 bridgehead atoms. The molecule has 1 fully saturated rings. The summed E-state index contributed by atoms with van der Waals surface area (Å²) in [4.78, 5) is 16.8. The van der Waals surface area contributed by atoms with Crippen LogP contribution in [0.1, 0.15) is 38.2 Å². The molecule has 0 atom stereocenters. The van der Waals surface area contributed by atoms with Gasteiger partial charge in [-0.2, -0.15) is 0 Å². The van der Waals surface area contributed by atoms with Crippen molar-refractivity contribution >= 4 is 5.91 Å². The van der Waals surface area contributed by atoms with Crippen molar-refractivity contribution in [1.29, 1.82) is 0 Å². The lowest BCUT2D eigenvalue weighted by molar-refractivity contribution is -0.135. The van der Waals surface area contributed by atoms with E-state index >= 15 is 0 Å². The Kier molecular flexibility index (Phi) is 6.90. The van der Waals surface area contributed by atoms with Crippen molar-refractivity contribution in [2.75, 3.05) is 33.8 Å². The lowest BCUT2D eigenvalue weighted by atomic mass is 9.95. The smallest absolute Gasteiger partial charge is 0.225 e. The molecule has 1 saturated heterocycles. The highest BCUT2D eigenvalue weighted by Gasteiger charge is 2.26. The minimum Gasteiger partial charge on any atom is -0.497 e. The van der Waals surface area contributed by atoms with Crippen LogP contribution in [-0.2, 0) is 11.3 Å². The zero-order valence-electron chi connectivity index (χ0n) is 14.8. The van der Waals surface area contributed by atoms with Gasteiger partial charge in [-0.15, -0.1) is 0 Å². The largest absolute Gasteiger partial charge is 0.497 e. The summed E-state index contributed by atoms with van der Waals surface area (Å²) in [5.74, 6) is 1.45. The average Bonchev–Trinajstić information content (AvgIpc) is 2.60. The molecule has 1 aliphatic heterocycles. The zero-order valence-corrected chi connectivity index (χ0v) is 14.8. The van der Waals surface area contributed by atoms with Crippen molar-refractivity contribution in [2.24, 2.45) is 5.92 Å². The number of ether oxygens (including phenoxy) is 1. The molecular weight excluding hydrogens is 288 g/mol. The Balaban J connectivity index is 1.80. The maximum absolute atomic E-state index is 12.4. The fourth-order valence-electron chi connectivity index (χ4n) is 3.18. The van der Waals surface area contributed by atoms with Crippen LogP contribution < -0.4 is 4.74 Å². The van der Waals surface area contributed by atoms with E-state index in [2.05, 4.69) is 24.0 Å². The molecule has 0 saturated carbocycles. The number of likely N-dealkylation sites (tertiary alicyclic amines) is 1. The molecule has 0 aromatic heterocycles. The van der Waals surface area contributed by atoms with Crippen LogP contribution in [0.4, 0.5) is 0 Å². The van der Waals surface area contributed by atoms with Crippen LogP contribution in [0.3, 0.4) is 0 Å². The molecule has 0 unspecified atom stereocenters. The number of methoxy groups -OCH3 is 1. The van der Waals surface area contributed by atoms with Crippen LogP contribution in [0.2, 0.25) is 0 Å².